The fraction of sp³-hybridized carbons (Fsp3) is 0.318. The monoisotopic (exact) mass is 428 g/mol. The molecule has 9 heteroatoms. The van der Waals surface area contributed by atoms with E-state index in [9.17, 15) is 14.4 Å². The van der Waals surface area contributed by atoms with Crippen LogP contribution in [0, 0.1) is 0 Å². The number of primary amides is 1. The van der Waals surface area contributed by atoms with Crippen molar-refractivity contribution in [2.75, 3.05) is 52.1 Å². The molecule has 0 aliphatic heterocycles. The molecule has 0 atom stereocenters. The molecule has 0 bridgehead atoms. The number of carbonyl (C=O) groups is 3. The van der Waals surface area contributed by atoms with Crippen LogP contribution >= 0.6 is 0 Å². The van der Waals surface area contributed by atoms with Crippen LogP contribution in [0.3, 0.4) is 0 Å². The highest BCUT2D eigenvalue weighted by Crippen LogP contribution is 2.19. The van der Waals surface area contributed by atoms with Crippen LogP contribution in [-0.4, -0.2) is 65.3 Å². The SMILES string of the molecule is CN(C)C(N)=O.CNC(=O)N(C)c1ccc(Cc2ccc(N(C)C(=O)NC)cc2)cc1. The molecule has 0 aliphatic carbocycles. The van der Waals surface area contributed by atoms with Gasteiger partial charge in [0.25, 0.3) is 0 Å². The predicted octanol–water partition coefficient (Wildman–Crippen LogP) is 2.46. The summed E-state index contributed by atoms with van der Waals surface area (Å²) in [4.78, 5) is 37.5. The van der Waals surface area contributed by atoms with Gasteiger partial charge in [0.15, 0.2) is 0 Å². The molecule has 4 N–H and O–H groups in total. The van der Waals surface area contributed by atoms with E-state index >= 15 is 0 Å². The zero-order chi connectivity index (χ0) is 23.6. The van der Waals surface area contributed by atoms with Crippen molar-refractivity contribution >= 4 is 29.5 Å². The van der Waals surface area contributed by atoms with E-state index in [0.29, 0.717) is 0 Å². The quantitative estimate of drug-likeness (QED) is 0.695. The van der Waals surface area contributed by atoms with E-state index in [0.717, 1.165) is 28.9 Å². The Hall–Kier alpha value is -3.75. The van der Waals surface area contributed by atoms with E-state index in [1.54, 1.807) is 52.1 Å². The minimum absolute atomic E-state index is 0.149. The van der Waals surface area contributed by atoms with Gasteiger partial charge in [-0.25, -0.2) is 14.4 Å². The zero-order valence-corrected chi connectivity index (χ0v) is 19.0. The number of hydrogen-bond acceptors (Lipinski definition) is 3. The molecule has 0 aliphatic rings. The molecule has 6 amide bonds. The van der Waals surface area contributed by atoms with Crippen molar-refractivity contribution in [3.05, 3.63) is 59.7 Å². The second-order valence-corrected chi connectivity index (χ2v) is 6.97. The minimum Gasteiger partial charge on any atom is -0.352 e. The van der Waals surface area contributed by atoms with E-state index in [4.69, 9.17) is 5.73 Å². The smallest absolute Gasteiger partial charge is 0.321 e. The molecule has 2 rings (SSSR count). The number of nitrogens with zero attached hydrogens (tertiary/aromatic N) is 3. The second kappa shape index (κ2) is 12.1. The first-order valence-corrected chi connectivity index (χ1v) is 9.66. The number of amides is 6. The normalized spacial score (nSPS) is 9.61. The Bertz CT molecular complexity index is 802. The van der Waals surface area contributed by atoms with Crippen LogP contribution < -0.4 is 26.2 Å². The average molecular weight is 429 g/mol. The van der Waals surface area contributed by atoms with Gasteiger partial charge in [0, 0.05) is 53.7 Å². The summed E-state index contributed by atoms with van der Waals surface area (Å²) in [6, 6.07) is 15.1. The van der Waals surface area contributed by atoms with Gasteiger partial charge in [-0.15, -0.1) is 0 Å². The lowest BCUT2D eigenvalue weighted by atomic mass is 10.0. The molecule has 0 saturated carbocycles. The summed E-state index contributed by atoms with van der Waals surface area (Å²) in [6.45, 7) is 0. The topological polar surface area (TPSA) is 111 Å². The second-order valence-electron chi connectivity index (χ2n) is 6.97. The number of urea groups is 3. The maximum absolute atomic E-state index is 11.6. The third-order valence-electron chi connectivity index (χ3n) is 4.53. The number of anilines is 2. The van der Waals surface area contributed by atoms with Crippen LogP contribution in [0.2, 0.25) is 0 Å². The lowest BCUT2D eigenvalue weighted by Gasteiger charge is -2.17. The van der Waals surface area contributed by atoms with Crippen LogP contribution in [0.25, 0.3) is 0 Å². The van der Waals surface area contributed by atoms with Crippen LogP contribution in [-0.2, 0) is 6.42 Å². The maximum atomic E-state index is 11.6. The Morgan fingerprint density at radius 1 is 0.710 bits per heavy atom. The first-order valence-electron chi connectivity index (χ1n) is 9.66. The molecule has 0 saturated heterocycles. The van der Waals surface area contributed by atoms with Crippen LogP contribution in [0.15, 0.2) is 48.5 Å². The number of benzene rings is 2. The van der Waals surface area contributed by atoms with Gasteiger partial charge < -0.3 is 21.3 Å². The Kier molecular flexibility index (Phi) is 9.84. The molecule has 0 fully saturated rings. The Balaban J connectivity index is 0.000000703. The van der Waals surface area contributed by atoms with Crippen LogP contribution in [0.1, 0.15) is 11.1 Å². The van der Waals surface area contributed by atoms with Crippen molar-refractivity contribution in [3.63, 3.8) is 0 Å². The predicted molar refractivity (Wildman–Crippen MR) is 125 cm³/mol. The molecule has 9 nitrogen and oxygen atoms in total. The van der Waals surface area contributed by atoms with Crippen molar-refractivity contribution in [3.8, 4) is 0 Å². The molecular formula is C22H32N6O3. The summed E-state index contributed by atoms with van der Waals surface area (Å²) in [5.74, 6) is 0. The Labute approximate surface area is 183 Å². The van der Waals surface area contributed by atoms with E-state index in [2.05, 4.69) is 10.6 Å². The first kappa shape index (κ1) is 25.3. The summed E-state index contributed by atoms with van der Waals surface area (Å²) >= 11 is 0. The molecule has 168 valence electrons. The van der Waals surface area contributed by atoms with Gasteiger partial charge >= 0.3 is 18.1 Å². The molecule has 0 aromatic heterocycles. The van der Waals surface area contributed by atoms with Crippen LogP contribution in [0.4, 0.5) is 25.8 Å². The van der Waals surface area contributed by atoms with Gasteiger partial charge in [0.05, 0.1) is 0 Å². The summed E-state index contributed by atoms with van der Waals surface area (Å²) < 4.78 is 0. The fourth-order valence-corrected chi connectivity index (χ4v) is 2.48. The molecule has 0 radical (unpaired) electrons. The van der Waals surface area contributed by atoms with E-state index < -0.39 is 6.03 Å². The molecule has 0 unspecified atom stereocenters. The lowest BCUT2D eigenvalue weighted by Crippen LogP contribution is -2.34. The van der Waals surface area contributed by atoms with E-state index in [1.807, 2.05) is 48.5 Å². The standard InChI is InChI=1S/C19H24N4O2.C3H8N2O/c1-20-18(24)22(3)16-9-5-14(6-10-16)13-15-7-11-17(12-8-15)23(4)19(25)21-2;1-5(2)3(4)6/h5-12H,13H2,1-4H3,(H,20,24)(H,21,25);1-2H3,(H2,4,6). The third kappa shape index (κ3) is 7.88. The highest BCUT2D eigenvalue weighted by Gasteiger charge is 2.09. The molecule has 2 aromatic carbocycles. The molecule has 0 heterocycles. The number of carbonyl (C=O) groups excluding carboxylic acids is 3. The summed E-state index contributed by atoms with van der Waals surface area (Å²) in [5.41, 5.74) is 8.71. The van der Waals surface area contributed by atoms with Gasteiger partial charge in [-0.3, -0.25) is 9.80 Å². The van der Waals surface area contributed by atoms with Crippen molar-refractivity contribution in [2.45, 2.75) is 6.42 Å². The average Bonchev–Trinajstić information content (AvgIpc) is 2.78. The van der Waals surface area contributed by atoms with Gasteiger partial charge in [-0.1, -0.05) is 24.3 Å². The number of nitrogens with one attached hydrogen (secondary N) is 2. The number of nitrogens with two attached hydrogens (primary N) is 1. The minimum atomic E-state index is -0.407. The molecule has 2 aromatic rings. The fourth-order valence-electron chi connectivity index (χ4n) is 2.48. The Morgan fingerprint density at radius 2 is 1.00 bits per heavy atom. The van der Waals surface area contributed by atoms with Gasteiger partial charge in [0.1, 0.15) is 0 Å². The summed E-state index contributed by atoms with van der Waals surface area (Å²) in [7, 11) is 9.88. The molecular weight excluding hydrogens is 396 g/mol. The van der Waals surface area contributed by atoms with E-state index in [-0.39, 0.29) is 12.1 Å². The summed E-state index contributed by atoms with van der Waals surface area (Å²) in [6.07, 6.45) is 0.786. The largest absolute Gasteiger partial charge is 0.352 e. The van der Waals surface area contributed by atoms with Crippen molar-refractivity contribution in [2.24, 2.45) is 5.73 Å². The number of rotatable bonds is 4. The highest BCUT2D eigenvalue weighted by atomic mass is 16.2. The molecule has 31 heavy (non-hydrogen) atoms. The van der Waals surface area contributed by atoms with E-state index in [1.165, 1.54) is 4.90 Å². The van der Waals surface area contributed by atoms with Gasteiger partial charge in [-0.05, 0) is 41.8 Å². The number of hydrogen-bond donors (Lipinski definition) is 3. The lowest BCUT2D eigenvalue weighted by molar-refractivity contribution is 0.227. The summed E-state index contributed by atoms with van der Waals surface area (Å²) in [5, 5.41) is 5.20. The van der Waals surface area contributed by atoms with Gasteiger partial charge in [0.2, 0.25) is 0 Å². The molecule has 0 spiro atoms. The third-order valence-corrected chi connectivity index (χ3v) is 4.53. The first-order chi connectivity index (χ1) is 14.6. The highest BCUT2D eigenvalue weighted by molar-refractivity contribution is 5.91. The van der Waals surface area contributed by atoms with Crippen LogP contribution in [0.5, 0.6) is 0 Å². The maximum Gasteiger partial charge on any atom is 0.321 e. The van der Waals surface area contributed by atoms with Crippen molar-refractivity contribution < 1.29 is 14.4 Å². The zero-order valence-electron chi connectivity index (χ0n) is 19.0. The van der Waals surface area contributed by atoms with Gasteiger partial charge in [-0.2, -0.15) is 0 Å². The van der Waals surface area contributed by atoms with Crippen molar-refractivity contribution in [1.82, 2.24) is 15.5 Å². The Morgan fingerprint density at radius 3 is 1.23 bits per heavy atom. The van der Waals surface area contributed by atoms with Crippen molar-refractivity contribution in [1.29, 1.82) is 0 Å².